The molecule has 11 heteroatoms. The number of aromatic nitrogens is 2. The normalized spacial score (nSPS) is 18.8. The zero-order valence-electron chi connectivity index (χ0n) is 19.3. The number of hydrogen-bond donors (Lipinski definition) is 2. The SMILES string of the molecule is CC1CC(c2ccc(C(F)(F)F)cc2)N(c2ncnc(N[C@H](Cc3ccc(F)cc3)C(N)=O)c2F)C1. The number of alkyl halides is 3. The van der Waals surface area contributed by atoms with Gasteiger partial charge in [0.15, 0.2) is 11.6 Å². The lowest BCUT2D eigenvalue weighted by molar-refractivity contribution is -0.137. The number of hydrogen-bond acceptors (Lipinski definition) is 5. The van der Waals surface area contributed by atoms with Crippen molar-refractivity contribution in [3.63, 3.8) is 0 Å². The Balaban J connectivity index is 1.59. The van der Waals surface area contributed by atoms with Crippen molar-refractivity contribution in [3.8, 4) is 0 Å². The van der Waals surface area contributed by atoms with E-state index in [9.17, 15) is 22.4 Å². The van der Waals surface area contributed by atoms with E-state index in [1.54, 1.807) is 4.90 Å². The van der Waals surface area contributed by atoms with Gasteiger partial charge in [0.1, 0.15) is 18.2 Å². The fraction of sp³-hybridized carbons (Fsp3) is 0.320. The fourth-order valence-electron chi connectivity index (χ4n) is 4.40. The molecule has 0 aliphatic carbocycles. The molecule has 6 nitrogen and oxygen atoms in total. The first-order valence-corrected chi connectivity index (χ1v) is 11.3. The van der Waals surface area contributed by atoms with Crippen molar-refractivity contribution < 1.29 is 26.7 Å². The van der Waals surface area contributed by atoms with Crippen LogP contribution in [0.5, 0.6) is 0 Å². The minimum absolute atomic E-state index is 0.0354. The summed E-state index contributed by atoms with van der Waals surface area (Å²) >= 11 is 0. The van der Waals surface area contributed by atoms with Crippen LogP contribution in [-0.4, -0.2) is 28.5 Å². The number of nitrogens with zero attached hydrogens (tertiary/aromatic N) is 3. The van der Waals surface area contributed by atoms with Gasteiger partial charge in [0, 0.05) is 13.0 Å². The number of rotatable bonds is 7. The van der Waals surface area contributed by atoms with Gasteiger partial charge in [-0.25, -0.2) is 14.4 Å². The van der Waals surface area contributed by atoms with Crippen LogP contribution >= 0.6 is 0 Å². The Labute approximate surface area is 204 Å². The standard InChI is InChI=1S/C25H24F5N5O/c1-14-10-20(16-4-6-17(7-5-16)25(28,29)30)35(12-14)24-21(27)23(32-13-33-24)34-19(22(31)36)11-15-2-8-18(26)9-3-15/h2-9,13-14,19-20H,10-12H2,1H3,(H2,31,36)(H,32,33,34)/t14?,19-,20?/m1/s1. The summed E-state index contributed by atoms with van der Waals surface area (Å²) in [7, 11) is 0. The molecule has 2 unspecified atom stereocenters. The van der Waals surface area contributed by atoms with Gasteiger partial charge in [0.05, 0.1) is 11.6 Å². The molecule has 2 heterocycles. The van der Waals surface area contributed by atoms with E-state index in [1.807, 2.05) is 6.92 Å². The number of primary amides is 1. The van der Waals surface area contributed by atoms with Gasteiger partial charge in [-0.15, -0.1) is 0 Å². The second kappa shape index (κ2) is 10.1. The van der Waals surface area contributed by atoms with Gasteiger partial charge in [-0.1, -0.05) is 31.2 Å². The molecule has 3 N–H and O–H groups in total. The molecule has 1 fully saturated rings. The lowest BCUT2D eigenvalue weighted by atomic mass is 9.99. The third-order valence-corrected chi connectivity index (χ3v) is 6.18. The van der Waals surface area contributed by atoms with E-state index < -0.39 is 41.4 Å². The van der Waals surface area contributed by atoms with Crippen LogP contribution < -0.4 is 16.0 Å². The summed E-state index contributed by atoms with van der Waals surface area (Å²) in [6, 6.07) is 8.84. The number of anilines is 2. The number of carbonyl (C=O) groups excluding carboxylic acids is 1. The Morgan fingerprint density at radius 2 is 1.78 bits per heavy atom. The van der Waals surface area contributed by atoms with Crippen molar-refractivity contribution in [3.05, 3.63) is 83.2 Å². The number of nitrogens with one attached hydrogen (secondary N) is 1. The highest BCUT2D eigenvalue weighted by Crippen LogP contribution is 2.40. The lowest BCUT2D eigenvalue weighted by Gasteiger charge is -2.27. The van der Waals surface area contributed by atoms with Crippen LogP contribution in [0, 0.1) is 17.6 Å². The monoisotopic (exact) mass is 505 g/mol. The van der Waals surface area contributed by atoms with Gasteiger partial charge in [0.25, 0.3) is 0 Å². The number of amides is 1. The van der Waals surface area contributed by atoms with Crippen molar-refractivity contribution in [2.24, 2.45) is 11.7 Å². The average Bonchev–Trinajstić information content (AvgIpc) is 3.22. The van der Waals surface area contributed by atoms with Crippen LogP contribution in [0.3, 0.4) is 0 Å². The zero-order chi connectivity index (χ0) is 26.0. The van der Waals surface area contributed by atoms with Crippen molar-refractivity contribution in [1.29, 1.82) is 0 Å². The van der Waals surface area contributed by atoms with Gasteiger partial charge in [-0.2, -0.15) is 17.6 Å². The highest BCUT2D eigenvalue weighted by Gasteiger charge is 2.36. The zero-order valence-corrected chi connectivity index (χ0v) is 19.3. The van der Waals surface area contributed by atoms with E-state index in [2.05, 4.69) is 15.3 Å². The van der Waals surface area contributed by atoms with Crippen molar-refractivity contribution in [2.45, 2.75) is 38.0 Å². The number of benzene rings is 2. The van der Waals surface area contributed by atoms with E-state index in [1.165, 1.54) is 36.4 Å². The Bertz CT molecular complexity index is 1220. The van der Waals surface area contributed by atoms with Crippen LogP contribution in [0.1, 0.15) is 36.1 Å². The topological polar surface area (TPSA) is 84.1 Å². The van der Waals surface area contributed by atoms with Crippen LogP contribution in [-0.2, 0) is 17.4 Å². The molecule has 1 aromatic heterocycles. The van der Waals surface area contributed by atoms with Gasteiger partial charge in [-0.3, -0.25) is 4.79 Å². The quantitative estimate of drug-likeness (QED) is 0.448. The molecular weight excluding hydrogens is 481 g/mol. The summed E-state index contributed by atoms with van der Waals surface area (Å²) in [6.07, 6.45) is -2.65. The molecular formula is C25H24F5N5O. The first-order chi connectivity index (χ1) is 17.0. The third-order valence-electron chi connectivity index (χ3n) is 6.18. The maximum atomic E-state index is 15.6. The maximum Gasteiger partial charge on any atom is 0.416 e. The van der Waals surface area contributed by atoms with Crippen LogP contribution in [0.15, 0.2) is 54.9 Å². The van der Waals surface area contributed by atoms with E-state index in [0.717, 1.165) is 18.5 Å². The van der Waals surface area contributed by atoms with Crippen molar-refractivity contribution in [1.82, 2.24) is 9.97 Å². The number of halogens is 5. The number of carbonyl (C=O) groups is 1. The molecule has 3 aromatic rings. The van der Waals surface area contributed by atoms with Gasteiger partial charge < -0.3 is 16.0 Å². The molecule has 1 saturated heterocycles. The van der Waals surface area contributed by atoms with Crippen LogP contribution in [0.25, 0.3) is 0 Å². The van der Waals surface area contributed by atoms with Gasteiger partial charge >= 0.3 is 6.18 Å². The molecule has 1 amide bonds. The van der Waals surface area contributed by atoms with Crippen molar-refractivity contribution >= 4 is 17.5 Å². The van der Waals surface area contributed by atoms with Crippen molar-refractivity contribution in [2.75, 3.05) is 16.8 Å². The first kappa shape index (κ1) is 25.3. The maximum absolute atomic E-state index is 15.6. The molecule has 0 bridgehead atoms. The Hall–Kier alpha value is -3.76. The summed E-state index contributed by atoms with van der Waals surface area (Å²) < 4.78 is 67.7. The van der Waals surface area contributed by atoms with E-state index in [0.29, 0.717) is 24.1 Å². The van der Waals surface area contributed by atoms with Gasteiger partial charge in [0.2, 0.25) is 11.7 Å². The summed E-state index contributed by atoms with van der Waals surface area (Å²) in [5.74, 6) is -2.15. The molecule has 1 aliphatic heterocycles. The second-order valence-corrected chi connectivity index (χ2v) is 8.92. The highest BCUT2D eigenvalue weighted by molar-refractivity contribution is 5.83. The second-order valence-electron chi connectivity index (χ2n) is 8.92. The molecule has 0 radical (unpaired) electrons. The number of nitrogens with two attached hydrogens (primary N) is 1. The first-order valence-electron chi connectivity index (χ1n) is 11.3. The largest absolute Gasteiger partial charge is 0.416 e. The van der Waals surface area contributed by atoms with E-state index >= 15 is 4.39 Å². The summed E-state index contributed by atoms with van der Waals surface area (Å²) in [6.45, 7) is 2.38. The predicted octanol–water partition coefficient (Wildman–Crippen LogP) is 4.87. The molecule has 0 spiro atoms. The smallest absolute Gasteiger partial charge is 0.368 e. The highest BCUT2D eigenvalue weighted by atomic mass is 19.4. The Kier molecular flexibility index (Phi) is 7.09. The van der Waals surface area contributed by atoms with Gasteiger partial charge in [-0.05, 0) is 47.7 Å². The lowest BCUT2D eigenvalue weighted by Crippen LogP contribution is -2.38. The Morgan fingerprint density at radius 1 is 1.11 bits per heavy atom. The Morgan fingerprint density at radius 3 is 2.39 bits per heavy atom. The third kappa shape index (κ3) is 5.55. The summed E-state index contributed by atoms with van der Waals surface area (Å²) in [5.41, 5.74) is 5.95. The molecule has 1 aliphatic rings. The molecule has 3 atom stereocenters. The van der Waals surface area contributed by atoms with Crippen LogP contribution in [0.2, 0.25) is 0 Å². The molecule has 2 aromatic carbocycles. The van der Waals surface area contributed by atoms with Crippen LogP contribution in [0.4, 0.5) is 33.6 Å². The summed E-state index contributed by atoms with van der Waals surface area (Å²) in [5, 5.41) is 2.72. The average molecular weight is 505 g/mol. The summed E-state index contributed by atoms with van der Waals surface area (Å²) in [4.78, 5) is 21.7. The minimum Gasteiger partial charge on any atom is -0.368 e. The predicted molar refractivity (Wildman–Crippen MR) is 124 cm³/mol. The molecule has 36 heavy (non-hydrogen) atoms. The molecule has 0 saturated carbocycles. The van der Waals surface area contributed by atoms with E-state index in [4.69, 9.17) is 5.73 Å². The molecule has 4 rings (SSSR count). The fourth-order valence-corrected chi connectivity index (χ4v) is 4.40. The minimum atomic E-state index is -4.45. The van der Waals surface area contributed by atoms with E-state index in [-0.39, 0.29) is 24.0 Å². The molecule has 190 valence electrons.